The van der Waals surface area contributed by atoms with Crippen LogP contribution in [-0.2, 0) is 6.42 Å². The van der Waals surface area contributed by atoms with Crippen LogP contribution >= 0.6 is 0 Å². The van der Waals surface area contributed by atoms with Crippen LogP contribution in [0, 0.1) is 13.8 Å². The average Bonchev–Trinajstić information content (AvgIpc) is 2.09. The molecule has 12 heavy (non-hydrogen) atoms. The molecular formula is C12H16. The van der Waals surface area contributed by atoms with Crippen molar-refractivity contribution < 1.29 is 0 Å². The van der Waals surface area contributed by atoms with Crippen LogP contribution in [0.3, 0.4) is 0 Å². The largest absolute Gasteiger partial charge is 0.0985 e. The Labute approximate surface area is 74.9 Å². The number of aryl methyl sites for hydroxylation is 1. The third-order valence-corrected chi connectivity index (χ3v) is 2.48. The van der Waals surface area contributed by atoms with Crippen LogP contribution in [0.15, 0.2) is 18.7 Å². The molecular weight excluding hydrogens is 144 g/mol. The fourth-order valence-corrected chi connectivity index (χ4v) is 1.56. The predicted octanol–water partition coefficient (Wildman–Crippen LogP) is 3.51. The molecule has 0 N–H and O–H groups in total. The van der Waals surface area contributed by atoms with Crippen molar-refractivity contribution in [1.82, 2.24) is 0 Å². The van der Waals surface area contributed by atoms with Crippen LogP contribution < -0.4 is 0 Å². The first-order valence-corrected chi connectivity index (χ1v) is 4.42. The van der Waals surface area contributed by atoms with E-state index in [1.165, 1.54) is 22.3 Å². The molecule has 0 fully saturated rings. The molecule has 0 radical (unpaired) electrons. The molecule has 1 rings (SSSR count). The third kappa shape index (κ3) is 1.42. The van der Waals surface area contributed by atoms with Crippen LogP contribution in [0.5, 0.6) is 0 Å². The number of rotatable bonds is 2. The Morgan fingerprint density at radius 1 is 1.33 bits per heavy atom. The van der Waals surface area contributed by atoms with Gasteiger partial charge in [-0.15, -0.1) is 0 Å². The van der Waals surface area contributed by atoms with E-state index in [1.807, 2.05) is 6.08 Å². The van der Waals surface area contributed by atoms with Crippen molar-refractivity contribution in [3.05, 3.63) is 41.0 Å². The minimum Gasteiger partial charge on any atom is -0.0985 e. The lowest BCUT2D eigenvalue weighted by Gasteiger charge is -2.09. The molecule has 0 nitrogen and oxygen atoms in total. The predicted molar refractivity (Wildman–Crippen MR) is 55.4 cm³/mol. The minimum atomic E-state index is 1.09. The quantitative estimate of drug-likeness (QED) is 0.621. The summed E-state index contributed by atoms with van der Waals surface area (Å²) in [5, 5.41) is 0. The maximum atomic E-state index is 3.81. The zero-order valence-electron chi connectivity index (χ0n) is 8.15. The van der Waals surface area contributed by atoms with Crippen LogP contribution in [0.2, 0.25) is 0 Å². The number of hydrogen-bond donors (Lipinski definition) is 0. The van der Waals surface area contributed by atoms with E-state index in [-0.39, 0.29) is 0 Å². The van der Waals surface area contributed by atoms with Crippen molar-refractivity contribution >= 4 is 6.08 Å². The van der Waals surface area contributed by atoms with Crippen LogP contribution in [0.4, 0.5) is 0 Å². The average molecular weight is 160 g/mol. The van der Waals surface area contributed by atoms with Crippen molar-refractivity contribution in [2.75, 3.05) is 0 Å². The van der Waals surface area contributed by atoms with Gasteiger partial charge in [-0.1, -0.05) is 31.7 Å². The lowest BCUT2D eigenvalue weighted by molar-refractivity contribution is 1.09. The van der Waals surface area contributed by atoms with Gasteiger partial charge in [-0.05, 0) is 42.5 Å². The van der Waals surface area contributed by atoms with Crippen LogP contribution in [-0.4, -0.2) is 0 Å². The van der Waals surface area contributed by atoms with Gasteiger partial charge in [0.25, 0.3) is 0 Å². The number of hydrogen-bond acceptors (Lipinski definition) is 0. The molecule has 0 unspecified atom stereocenters. The molecule has 1 aromatic rings. The van der Waals surface area contributed by atoms with Crippen molar-refractivity contribution in [3.8, 4) is 0 Å². The standard InChI is InChI=1S/C12H16/c1-5-11-8-7-9(3)10(4)12(11)6-2/h5,7-8H,1,6H2,2-4H3. The molecule has 0 bridgehead atoms. The van der Waals surface area contributed by atoms with Gasteiger partial charge in [0, 0.05) is 0 Å². The SMILES string of the molecule is C=Cc1ccc(C)c(C)c1CC. The van der Waals surface area contributed by atoms with Crippen molar-refractivity contribution in [2.24, 2.45) is 0 Å². The topological polar surface area (TPSA) is 0 Å². The minimum absolute atomic E-state index is 1.09. The molecule has 0 spiro atoms. The first kappa shape index (κ1) is 9.05. The Morgan fingerprint density at radius 2 is 2.00 bits per heavy atom. The summed E-state index contributed by atoms with van der Waals surface area (Å²) in [5.41, 5.74) is 5.50. The monoisotopic (exact) mass is 160 g/mol. The Bertz CT molecular complexity index is 295. The summed E-state index contributed by atoms with van der Waals surface area (Å²) in [6.07, 6.45) is 3.03. The highest BCUT2D eigenvalue weighted by atomic mass is 14.1. The Kier molecular flexibility index (Phi) is 2.69. The van der Waals surface area contributed by atoms with Gasteiger partial charge in [0.1, 0.15) is 0 Å². The van der Waals surface area contributed by atoms with Crippen molar-refractivity contribution in [2.45, 2.75) is 27.2 Å². The molecule has 0 saturated heterocycles. The first-order valence-electron chi connectivity index (χ1n) is 4.42. The summed E-state index contributed by atoms with van der Waals surface area (Å²) in [5.74, 6) is 0. The first-order chi connectivity index (χ1) is 5.70. The molecule has 0 heterocycles. The van der Waals surface area contributed by atoms with E-state index in [1.54, 1.807) is 0 Å². The Hall–Kier alpha value is -1.04. The summed E-state index contributed by atoms with van der Waals surface area (Å²) in [6, 6.07) is 4.31. The van der Waals surface area contributed by atoms with Crippen molar-refractivity contribution in [3.63, 3.8) is 0 Å². The van der Waals surface area contributed by atoms with Gasteiger partial charge in [0.15, 0.2) is 0 Å². The summed E-state index contributed by atoms with van der Waals surface area (Å²) < 4.78 is 0. The van der Waals surface area contributed by atoms with Crippen molar-refractivity contribution in [1.29, 1.82) is 0 Å². The summed E-state index contributed by atoms with van der Waals surface area (Å²) in [4.78, 5) is 0. The molecule has 0 aliphatic heterocycles. The van der Waals surface area contributed by atoms with E-state index >= 15 is 0 Å². The summed E-state index contributed by atoms with van der Waals surface area (Å²) in [6.45, 7) is 10.3. The smallest absolute Gasteiger partial charge is 0.0228 e. The molecule has 0 atom stereocenters. The molecule has 0 aromatic heterocycles. The van der Waals surface area contributed by atoms with Gasteiger partial charge in [0.05, 0.1) is 0 Å². The van der Waals surface area contributed by atoms with E-state index in [9.17, 15) is 0 Å². The summed E-state index contributed by atoms with van der Waals surface area (Å²) >= 11 is 0. The molecule has 0 amide bonds. The van der Waals surface area contributed by atoms with E-state index in [2.05, 4.69) is 39.5 Å². The van der Waals surface area contributed by atoms with E-state index in [0.29, 0.717) is 0 Å². The molecule has 0 aliphatic carbocycles. The highest BCUT2D eigenvalue weighted by Gasteiger charge is 2.02. The lowest BCUT2D eigenvalue weighted by atomic mass is 9.96. The summed E-state index contributed by atoms with van der Waals surface area (Å²) in [7, 11) is 0. The zero-order valence-corrected chi connectivity index (χ0v) is 8.15. The van der Waals surface area contributed by atoms with Gasteiger partial charge < -0.3 is 0 Å². The molecule has 0 saturated carbocycles. The third-order valence-electron chi connectivity index (χ3n) is 2.48. The fourth-order valence-electron chi connectivity index (χ4n) is 1.56. The molecule has 0 heteroatoms. The van der Waals surface area contributed by atoms with Gasteiger partial charge in [-0.3, -0.25) is 0 Å². The highest BCUT2D eigenvalue weighted by molar-refractivity contribution is 5.55. The van der Waals surface area contributed by atoms with Crippen LogP contribution in [0.1, 0.15) is 29.2 Å². The van der Waals surface area contributed by atoms with Gasteiger partial charge in [-0.2, -0.15) is 0 Å². The Balaban J connectivity index is 3.35. The second-order valence-electron chi connectivity index (χ2n) is 3.13. The maximum absolute atomic E-state index is 3.81. The van der Waals surface area contributed by atoms with E-state index < -0.39 is 0 Å². The number of benzene rings is 1. The second-order valence-corrected chi connectivity index (χ2v) is 3.13. The maximum Gasteiger partial charge on any atom is -0.0228 e. The molecule has 64 valence electrons. The fraction of sp³-hybridized carbons (Fsp3) is 0.333. The van der Waals surface area contributed by atoms with Gasteiger partial charge >= 0.3 is 0 Å². The Morgan fingerprint density at radius 3 is 2.50 bits per heavy atom. The lowest BCUT2D eigenvalue weighted by Crippen LogP contribution is -1.93. The molecule has 1 aromatic carbocycles. The van der Waals surface area contributed by atoms with Gasteiger partial charge in [0.2, 0.25) is 0 Å². The zero-order chi connectivity index (χ0) is 9.14. The van der Waals surface area contributed by atoms with E-state index in [0.717, 1.165) is 6.42 Å². The van der Waals surface area contributed by atoms with Gasteiger partial charge in [-0.25, -0.2) is 0 Å². The highest BCUT2D eigenvalue weighted by Crippen LogP contribution is 2.19. The second kappa shape index (κ2) is 3.57. The van der Waals surface area contributed by atoms with Crippen LogP contribution in [0.25, 0.3) is 6.08 Å². The normalized spacial score (nSPS) is 9.92. The van der Waals surface area contributed by atoms with E-state index in [4.69, 9.17) is 0 Å². The molecule has 0 aliphatic rings.